The molecule has 15 heavy (non-hydrogen) atoms. The van der Waals surface area contributed by atoms with Crippen molar-refractivity contribution < 1.29 is 9.90 Å². The van der Waals surface area contributed by atoms with Crippen molar-refractivity contribution in [1.82, 2.24) is 5.32 Å². The van der Waals surface area contributed by atoms with Crippen molar-refractivity contribution >= 4 is 40.3 Å². The van der Waals surface area contributed by atoms with Crippen LogP contribution in [0.2, 0.25) is 0 Å². The molecule has 0 spiro atoms. The molecule has 3 nitrogen and oxygen atoms in total. The number of nitrogens with one attached hydrogen (secondary N) is 1. The van der Waals surface area contributed by atoms with Crippen molar-refractivity contribution in [1.29, 1.82) is 0 Å². The van der Waals surface area contributed by atoms with Gasteiger partial charge in [-0.2, -0.15) is 0 Å². The first-order chi connectivity index (χ1) is 7.16. The standard InChI is InChI=1S/C10H10INO2S/c11-7-3-1-2-6(4-7)9-12-8(5-15-9)10(13)14/h1-4,8-9,12H,5H2,(H,13,14)/t8-,9+/m0/s1. The van der Waals surface area contributed by atoms with E-state index in [1.165, 1.54) is 3.57 Å². The highest BCUT2D eigenvalue weighted by molar-refractivity contribution is 14.1. The molecule has 0 bridgehead atoms. The number of rotatable bonds is 2. The maximum Gasteiger partial charge on any atom is 0.321 e. The van der Waals surface area contributed by atoms with Gasteiger partial charge in [0.25, 0.3) is 0 Å². The molecule has 1 aliphatic heterocycles. The van der Waals surface area contributed by atoms with Gasteiger partial charge in [-0.3, -0.25) is 10.1 Å². The second-order valence-electron chi connectivity index (χ2n) is 3.33. The number of halogens is 1. The summed E-state index contributed by atoms with van der Waals surface area (Å²) in [7, 11) is 0. The number of thioether (sulfide) groups is 1. The van der Waals surface area contributed by atoms with Gasteiger partial charge in [-0.15, -0.1) is 11.8 Å². The number of carboxylic acid groups (broad SMARTS) is 1. The van der Waals surface area contributed by atoms with Gasteiger partial charge in [0.05, 0.1) is 5.37 Å². The average Bonchev–Trinajstić information content (AvgIpc) is 2.66. The highest BCUT2D eigenvalue weighted by atomic mass is 127. The maximum absolute atomic E-state index is 10.8. The normalized spacial score (nSPS) is 25.4. The molecule has 0 radical (unpaired) electrons. The SMILES string of the molecule is O=C(O)[C@@H]1CS[C@H](c2cccc(I)c2)N1. The molecule has 2 rings (SSSR count). The zero-order chi connectivity index (χ0) is 10.8. The highest BCUT2D eigenvalue weighted by Gasteiger charge is 2.30. The van der Waals surface area contributed by atoms with Crippen LogP contribution in [0.25, 0.3) is 0 Å². The molecular weight excluding hydrogens is 325 g/mol. The first kappa shape index (κ1) is 11.2. The Morgan fingerprint density at radius 2 is 2.40 bits per heavy atom. The van der Waals surface area contributed by atoms with Crippen LogP contribution in [0.4, 0.5) is 0 Å². The van der Waals surface area contributed by atoms with Gasteiger partial charge < -0.3 is 5.11 Å². The summed E-state index contributed by atoms with van der Waals surface area (Å²) >= 11 is 3.90. The molecule has 1 aromatic rings. The molecule has 0 aromatic heterocycles. The molecule has 0 aliphatic carbocycles. The zero-order valence-electron chi connectivity index (χ0n) is 7.81. The van der Waals surface area contributed by atoms with Crippen molar-refractivity contribution in [2.45, 2.75) is 11.4 Å². The summed E-state index contributed by atoms with van der Waals surface area (Å²) < 4.78 is 1.17. The molecule has 1 saturated heterocycles. The van der Waals surface area contributed by atoms with Crippen LogP contribution in [-0.4, -0.2) is 22.9 Å². The van der Waals surface area contributed by atoms with Gasteiger partial charge in [0.2, 0.25) is 0 Å². The third kappa shape index (κ3) is 2.64. The Balaban J connectivity index is 2.11. The molecule has 1 heterocycles. The molecule has 80 valence electrons. The van der Waals surface area contributed by atoms with E-state index >= 15 is 0 Å². The van der Waals surface area contributed by atoms with E-state index in [9.17, 15) is 4.79 Å². The van der Waals surface area contributed by atoms with Crippen LogP contribution in [-0.2, 0) is 4.79 Å². The predicted octanol–water partition coefficient (Wildman–Crippen LogP) is 2.08. The minimum atomic E-state index is -0.768. The molecule has 1 fully saturated rings. The van der Waals surface area contributed by atoms with Crippen LogP contribution in [0.3, 0.4) is 0 Å². The second-order valence-corrected chi connectivity index (χ2v) is 5.71. The largest absolute Gasteiger partial charge is 0.480 e. The Morgan fingerprint density at radius 3 is 3.00 bits per heavy atom. The van der Waals surface area contributed by atoms with Gasteiger partial charge in [0, 0.05) is 9.32 Å². The van der Waals surface area contributed by atoms with Crippen molar-refractivity contribution in [3.05, 3.63) is 33.4 Å². The lowest BCUT2D eigenvalue weighted by molar-refractivity contribution is -0.138. The fraction of sp³-hybridized carbons (Fsp3) is 0.300. The van der Waals surface area contributed by atoms with E-state index in [2.05, 4.69) is 34.0 Å². The summed E-state index contributed by atoms with van der Waals surface area (Å²) in [6, 6.07) is 7.70. The Kier molecular flexibility index (Phi) is 3.53. The van der Waals surface area contributed by atoms with Gasteiger partial charge in [0.15, 0.2) is 0 Å². The second kappa shape index (κ2) is 4.71. The predicted molar refractivity (Wildman–Crippen MR) is 68.9 cm³/mol. The fourth-order valence-electron chi connectivity index (χ4n) is 1.48. The maximum atomic E-state index is 10.8. The Labute approximate surface area is 106 Å². The number of aliphatic carboxylic acids is 1. The number of hydrogen-bond acceptors (Lipinski definition) is 3. The van der Waals surface area contributed by atoms with Crippen LogP contribution in [0.5, 0.6) is 0 Å². The fourth-order valence-corrected chi connectivity index (χ4v) is 3.27. The summed E-state index contributed by atoms with van der Waals surface area (Å²) in [6.45, 7) is 0. The molecule has 2 N–H and O–H groups in total. The molecular formula is C10H10INO2S. The van der Waals surface area contributed by atoms with E-state index in [0.717, 1.165) is 5.56 Å². The quantitative estimate of drug-likeness (QED) is 0.813. The molecule has 1 aliphatic rings. The topological polar surface area (TPSA) is 49.3 Å². The number of carboxylic acids is 1. The number of hydrogen-bond donors (Lipinski definition) is 2. The minimum Gasteiger partial charge on any atom is -0.480 e. The van der Waals surface area contributed by atoms with Crippen LogP contribution in [0, 0.1) is 3.57 Å². The Bertz CT molecular complexity index is 385. The third-order valence-corrected chi connectivity index (χ3v) is 4.17. The molecule has 0 unspecified atom stereocenters. The lowest BCUT2D eigenvalue weighted by atomic mass is 10.2. The van der Waals surface area contributed by atoms with Crippen molar-refractivity contribution in [3.63, 3.8) is 0 Å². The van der Waals surface area contributed by atoms with Crippen LogP contribution in [0.1, 0.15) is 10.9 Å². The van der Waals surface area contributed by atoms with E-state index < -0.39 is 12.0 Å². The summed E-state index contributed by atoms with van der Waals surface area (Å²) in [5.41, 5.74) is 1.15. The average molecular weight is 335 g/mol. The summed E-state index contributed by atoms with van der Waals surface area (Å²) in [5, 5.41) is 12.1. The smallest absolute Gasteiger partial charge is 0.321 e. The molecule has 1 aromatic carbocycles. The van der Waals surface area contributed by atoms with Crippen LogP contribution >= 0.6 is 34.4 Å². The van der Waals surface area contributed by atoms with E-state index in [1.54, 1.807) is 11.8 Å². The Morgan fingerprint density at radius 1 is 1.60 bits per heavy atom. The van der Waals surface area contributed by atoms with E-state index in [1.807, 2.05) is 18.2 Å². The first-order valence-electron chi connectivity index (χ1n) is 4.53. The molecule has 0 amide bonds. The van der Waals surface area contributed by atoms with Crippen molar-refractivity contribution in [3.8, 4) is 0 Å². The molecule has 0 saturated carbocycles. The van der Waals surface area contributed by atoms with Gasteiger partial charge in [-0.1, -0.05) is 12.1 Å². The third-order valence-electron chi connectivity index (χ3n) is 2.23. The lowest BCUT2D eigenvalue weighted by Crippen LogP contribution is -2.33. The van der Waals surface area contributed by atoms with Crippen molar-refractivity contribution in [2.24, 2.45) is 0 Å². The van der Waals surface area contributed by atoms with Crippen LogP contribution in [0.15, 0.2) is 24.3 Å². The minimum absolute atomic E-state index is 0.112. The summed E-state index contributed by atoms with van der Waals surface area (Å²) in [4.78, 5) is 10.8. The van der Waals surface area contributed by atoms with Gasteiger partial charge in [0.1, 0.15) is 6.04 Å². The summed E-state index contributed by atoms with van der Waals surface area (Å²) in [5.74, 6) is -0.138. The Hall–Kier alpha value is -0.270. The van der Waals surface area contributed by atoms with Gasteiger partial charge >= 0.3 is 5.97 Å². The van der Waals surface area contributed by atoms with E-state index in [-0.39, 0.29) is 5.37 Å². The zero-order valence-corrected chi connectivity index (χ0v) is 10.8. The number of carbonyl (C=O) groups is 1. The first-order valence-corrected chi connectivity index (χ1v) is 6.65. The van der Waals surface area contributed by atoms with E-state index in [4.69, 9.17) is 5.11 Å². The number of benzene rings is 1. The van der Waals surface area contributed by atoms with Gasteiger partial charge in [-0.05, 0) is 40.3 Å². The summed E-state index contributed by atoms with van der Waals surface area (Å²) in [6.07, 6.45) is 0. The van der Waals surface area contributed by atoms with Crippen LogP contribution < -0.4 is 5.32 Å². The monoisotopic (exact) mass is 335 g/mol. The van der Waals surface area contributed by atoms with Gasteiger partial charge in [-0.25, -0.2) is 0 Å². The molecule has 2 atom stereocenters. The van der Waals surface area contributed by atoms with Crippen molar-refractivity contribution in [2.75, 3.05) is 5.75 Å². The lowest BCUT2D eigenvalue weighted by Gasteiger charge is -2.11. The molecule has 5 heteroatoms. The highest BCUT2D eigenvalue weighted by Crippen LogP contribution is 2.33. The van der Waals surface area contributed by atoms with E-state index in [0.29, 0.717) is 5.75 Å².